The first-order chi connectivity index (χ1) is 14.2. The first-order valence-corrected chi connectivity index (χ1v) is 11.0. The van der Waals surface area contributed by atoms with Crippen LogP contribution in [0.1, 0.15) is 40.7 Å². The number of nitrogens with one attached hydrogen (secondary N) is 2. The molecule has 0 radical (unpaired) electrons. The van der Waals surface area contributed by atoms with Gasteiger partial charge in [0, 0.05) is 49.5 Å². The van der Waals surface area contributed by atoms with Crippen LogP contribution in [0, 0.1) is 6.92 Å². The molecule has 0 aliphatic rings. The van der Waals surface area contributed by atoms with Gasteiger partial charge in [0.05, 0.1) is 11.6 Å². The van der Waals surface area contributed by atoms with Crippen molar-refractivity contribution < 1.29 is 0 Å². The molecule has 0 aliphatic carbocycles. The molecule has 3 rings (SSSR count). The van der Waals surface area contributed by atoms with Crippen molar-refractivity contribution >= 4 is 41.3 Å². The van der Waals surface area contributed by atoms with Crippen molar-refractivity contribution in [1.29, 1.82) is 0 Å². The highest BCUT2D eigenvalue weighted by atomic mass is 127. The topological polar surface area (TPSA) is 67.1 Å². The van der Waals surface area contributed by atoms with E-state index in [1.807, 2.05) is 25.5 Å². The number of guanidine groups is 1. The zero-order chi connectivity index (χ0) is 20.5. The molecule has 0 bridgehead atoms. The fourth-order valence-electron chi connectivity index (χ4n) is 3.02. The molecular weight excluding hydrogens is 507 g/mol. The highest BCUT2D eigenvalue weighted by Crippen LogP contribution is 2.13. The van der Waals surface area contributed by atoms with E-state index < -0.39 is 0 Å². The molecule has 0 unspecified atom stereocenters. The zero-order valence-electron chi connectivity index (χ0n) is 17.9. The number of nitrogens with zero attached hydrogens (tertiary/aromatic N) is 4. The molecule has 0 atom stereocenters. The molecule has 0 saturated carbocycles. The summed E-state index contributed by atoms with van der Waals surface area (Å²) in [5.74, 6) is 1.87. The number of halogens is 1. The van der Waals surface area contributed by atoms with Crippen LogP contribution in [-0.4, -0.2) is 33.6 Å². The van der Waals surface area contributed by atoms with Crippen LogP contribution in [0.2, 0.25) is 0 Å². The lowest BCUT2D eigenvalue weighted by molar-refractivity contribution is 0.760. The van der Waals surface area contributed by atoms with Gasteiger partial charge in [0.25, 0.3) is 0 Å². The van der Waals surface area contributed by atoms with E-state index in [4.69, 9.17) is 4.99 Å². The first-order valence-electron chi connectivity index (χ1n) is 10.2. The summed E-state index contributed by atoms with van der Waals surface area (Å²) in [6.45, 7) is 9.40. The average molecular weight is 539 g/mol. The molecule has 2 aromatic heterocycles. The second kappa shape index (κ2) is 12.7. The number of imidazole rings is 1. The summed E-state index contributed by atoms with van der Waals surface area (Å²) in [5.41, 5.74) is 2.46. The summed E-state index contributed by atoms with van der Waals surface area (Å²) in [4.78, 5) is 14.9. The molecule has 0 amide bonds. The third-order valence-electron chi connectivity index (χ3n) is 4.61. The Balaban J connectivity index is 0.00000320. The molecule has 0 spiro atoms. The average Bonchev–Trinajstić information content (AvgIpc) is 3.35. The Morgan fingerprint density at radius 2 is 2.00 bits per heavy atom. The number of aliphatic imine (C=N–C) groups is 1. The maximum absolute atomic E-state index is 4.75. The Kier molecular flexibility index (Phi) is 10.3. The molecule has 2 N–H and O–H groups in total. The lowest BCUT2D eigenvalue weighted by Gasteiger charge is -2.11. The monoisotopic (exact) mass is 538 g/mol. The van der Waals surface area contributed by atoms with Gasteiger partial charge in [0.2, 0.25) is 0 Å². The van der Waals surface area contributed by atoms with Gasteiger partial charge >= 0.3 is 0 Å². The third kappa shape index (κ3) is 7.39. The van der Waals surface area contributed by atoms with Crippen LogP contribution in [0.4, 0.5) is 0 Å². The second-order valence-corrected chi connectivity index (χ2v) is 8.07. The maximum Gasteiger partial charge on any atom is 0.191 e. The van der Waals surface area contributed by atoms with Gasteiger partial charge in [-0.05, 0) is 31.4 Å². The van der Waals surface area contributed by atoms with Gasteiger partial charge in [0.15, 0.2) is 5.96 Å². The quantitative estimate of drug-likeness (QED) is 0.244. The summed E-state index contributed by atoms with van der Waals surface area (Å²) < 4.78 is 2.15. The highest BCUT2D eigenvalue weighted by Gasteiger charge is 2.03. The van der Waals surface area contributed by atoms with Crippen molar-refractivity contribution in [2.75, 3.05) is 13.1 Å². The number of rotatable bonds is 9. The minimum Gasteiger partial charge on any atom is -0.357 e. The van der Waals surface area contributed by atoms with E-state index >= 15 is 0 Å². The largest absolute Gasteiger partial charge is 0.357 e. The normalized spacial score (nSPS) is 11.2. The van der Waals surface area contributed by atoms with Crippen molar-refractivity contribution in [3.05, 3.63) is 69.7 Å². The SMILES string of the molecule is CCNC(=NCc1cccc(Cn2ccnc2C)c1)NCCc1ncc(CC)s1.I. The standard InChI is InChI=1S/C22H30N6S.HI/c1-4-20-15-26-21(29-20)9-10-25-22(23-5-2)27-14-18-7-6-8-19(13-18)16-28-12-11-24-17(28)3;/h6-8,11-13,15H,4-5,9-10,14,16H2,1-3H3,(H2,23,25,27);1H. The molecule has 162 valence electrons. The predicted octanol–water partition coefficient (Wildman–Crippen LogP) is 4.17. The number of hydrogen-bond acceptors (Lipinski definition) is 4. The van der Waals surface area contributed by atoms with Gasteiger partial charge in [-0.2, -0.15) is 0 Å². The first kappa shape index (κ1) is 24.3. The molecule has 8 heteroatoms. The number of benzene rings is 1. The van der Waals surface area contributed by atoms with E-state index in [0.717, 1.165) is 44.3 Å². The number of aromatic nitrogens is 3. The van der Waals surface area contributed by atoms with Crippen LogP contribution in [0.5, 0.6) is 0 Å². The van der Waals surface area contributed by atoms with Crippen molar-refractivity contribution in [1.82, 2.24) is 25.2 Å². The van der Waals surface area contributed by atoms with E-state index in [0.29, 0.717) is 6.54 Å². The molecule has 0 fully saturated rings. The Hall–Kier alpha value is -1.94. The molecule has 6 nitrogen and oxygen atoms in total. The molecular formula is C22H31IN6S. The molecule has 0 saturated heterocycles. The smallest absolute Gasteiger partial charge is 0.191 e. The predicted molar refractivity (Wildman–Crippen MR) is 136 cm³/mol. The lowest BCUT2D eigenvalue weighted by Crippen LogP contribution is -2.38. The minimum atomic E-state index is 0. The van der Waals surface area contributed by atoms with Gasteiger partial charge in [-0.1, -0.05) is 31.2 Å². The van der Waals surface area contributed by atoms with Crippen LogP contribution in [0.3, 0.4) is 0 Å². The van der Waals surface area contributed by atoms with Crippen molar-refractivity contribution in [3.63, 3.8) is 0 Å². The fourth-order valence-corrected chi connectivity index (χ4v) is 3.88. The lowest BCUT2D eigenvalue weighted by atomic mass is 10.1. The van der Waals surface area contributed by atoms with Crippen LogP contribution in [0.15, 0.2) is 47.8 Å². The van der Waals surface area contributed by atoms with Gasteiger partial charge in [-0.25, -0.2) is 15.0 Å². The van der Waals surface area contributed by atoms with E-state index in [9.17, 15) is 0 Å². The second-order valence-electron chi connectivity index (χ2n) is 6.87. The molecule has 2 heterocycles. The summed E-state index contributed by atoms with van der Waals surface area (Å²) in [5, 5.41) is 7.92. The number of aryl methyl sites for hydroxylation is 2. The van der Waals surface area contributed by atoms with Gasteiger partial charge in [0.1, 0.15) is 5.82 Å². The minimum absolute atomic E-state index is 0. The van der Waals surface area contributed by atoms with E-state index in [-0.39, 0.29) is 24.0 Å². The Bertz CT molecular complexity index is 933. The summed E-state index contributed by atoms with van der Waals surface area (Å²) >= 11 is 1.79. The third-order valence-corrected chi connectivity index (χ3v) is 5.81. The molecule has 0 aliphatic heterocycles. The Labute approximate surface area is 200 Å². The molecule has 30 heavy (non-hydrogen) atoms. The highest BCUT2D eigenvalue weighted by molar-refractivity contribution is 14.0. The number of hydrogen-bond donors (Lipinski definition) is 2. The summed E-state index contributed by atoms with van der Waals surface area (Å²) in [6.07, 6.45) is 7.80. The fraction of sp³-hybridized carbons (Fsp3) is 0.409. The summed E-state index contributed by atoms with van der Waals surface area (Å²) in [7, 11) is 0. The van der Waals surface area contributed by atoms with Crippen LogP contribution >= 0.6 is 35.3 Å². The van der Waals surface area contributed by atoms with Gasteiger partial charge < -0.3 is 15.2 Å². The van der Waals surface area contributed by atoms with Gasteiger partial charge in [-0.15, -0.1) is 35.3 Å². The van der Waals surface area contributed by atoms with Crippen LogP contribution in [0.25, 0.3) is 0 Å². The number of thiazole rings is 1. The van der Waals surface area contributed by atoms with E-state index in [1.54, 1.807) is 11.3 Å². The van der Waals surface area contributed by atoms with E-state index in [1.165, 1.54) is 21.0 Å². The van der Waals surface area contributed by atoms with Gasteiger partial charge in [-0.3, -0.25) is 0 Å². The maximum atomic E-state index is 4.75. The van der Waals surface area contributed by atoms with Crippen LogP contribution < -0.4 is 10.6 Å². The summed E-state index contributed by atoms with van der Waals surface area (Å²) in [6, 6.07) is 8.59. The zero-order valence-corrected chi connectivity index (χ0v) is 21.0. The van der Waals surface area contributed by atoms with Crippen LogP contribution in [-0.2, 0) is 25.9 Å². The van der Waals surface area contributed by atoms with Crippen molar-refractivity contribution in [2.45, 2.75) is 46.7 Å². The van der Waals surface area contributed by atoms with Crippen molar-refractivity contribution in [2.24, 2.45) is 4.99 Å². The van der Waals surface area contributed by atoms with Crippen molar-refractivity contribution in [3.8, 4) is 0 Å². The Morgan fingerprint density at radius 1 is 1.17 bits per heavy atom. The van der Waals surface area contributed by atoms with E-state index in [2.05, 4.69) is 63.3 Å². The Morgan fingerprint density at radius 3 is 2.70 bits per heavy atom. The molecule has 1 aromatic carbocycles. The molecule has 3 aromatic rings.